The lowest BCUT2D eigenvalue weighted by Gasteiger charge is -2.12. The maximum Gasteiger partial charge on any atom is 0.127 e. The summed E-state index contributed by atoms with van der Waals surface area (Å²) in [5, 5.41) is 4.12. The normalized spacial score (nSPS) is 10.6. The van der Waals surface area contributed by atoms with Crippen LogP contribution in [0, 0.1) is 0 Å². The fraction of sp³-hybridized carbons (Fsp3) is 0.400. The molecule has 2 aromatic rings. The minimum Gasteiger partial charge on any atom is -0.493 e. The summed E-state index contributed by atoms with van der Waals surface area (Å²) >= 11 is 0. The molecule has 0 atom stereocenters. The molecule has 5 nitrogen and oxygen atoms in total. The van der Waals surface area contributed by atoms with Gasteiger partial charge in [-0.3, -0.25) is 4.68 Å². The number of hydrogen-bond acceptors (Lipinski definition) is 4. The molecule has 2 rings (SSSR count). The van der Waals surface area contributed by atoms with Crippen LogP contribution in [0.1, 0.15) is 24.5 Å². The third-order valence-electron chi connectivity index (χ3n) is 2.88. The van der Waals surface area contributed by atoms with E-state index in [9.17, 15) is 0 Å². The SMILES string of the molecule is CCCOc1ccc(CN)c(OCc2cnn(C)c2)c1. The van der Waals surface area contributed by atoms with Crippen molar-refractivity contribution in [3.8, 4) is 11.5 Å². The second kappa shape index (κ2) is 6.96. The van der Waals surface area contributed by atoms with Crippen LogP contribution >= 0.6 is 0 Å². The predicted octanol–water partition coefficient (Wildman–Crippen LogP) is 2.25. The van der Waals surface area contributed by atoms with Gasteiger partial charge in [-0.2, -0.15) is 5.10 Å². The molecule has 1 aromatic heterocycles. The highest BCUT2D eigenvalue weighted by Crippen LogP contribution is 2.25. The molecule has 20 heavy (non-hydrogen) atoms. The van der Waals surface area contributed by atoms with E-state index in [1.54, 1.807) is 10.9 Å². The van der Waals surface area contributed by atoms with Crippen molar-refractivity contribution in [2.75, 3.05) is 6.61 Å². The molecular weight excluding hydrogens is 254 g/mol. The zero-order valence-electron chi connectivity index (χ0n) is 12.0. The molecule has 0 saturated carbocycles. The summed E-state index contributed by atoms with van der Waals surface area (Å²) in [5.74, 6) is 1.58. The zero-order valence-corrected chi connectivity index (χ0v) is 12.0. The first-order chi connectivity index (χ1) is 9.72. The minimum atomic E-state index is 0.441. The van der Waals surface area contributed by atoms with Crippen LogP contribution in [0.5, 0.6) is 11.5 Å². The van der Waals surface area contributed by atoms with E-state index in [0.29, 0.717) is 19.8 Å². The highest BCUT2D eigenvalue weighted by molar-refractivity contribution is 5.40. The van der Waals surface area contributed by atoms with Crippen LogP contribution in [0.25, 0.3) is 0 Å². The largest absolute Gasteiger partial charge is 0.493 e. The summed E-state index contributed by atoms with van der Waals surface area (Å²) in [5.41, 5.74) is 7.73. The molecule has 108 valence electrons. The Balaban J connectivity index is 2.07. The number of ether oxygens (including phenoxy) is 2. The highest BCUT2D eigenvalue weighted by Gasteiger charge is 2.06. The molecule has 0 aliphatic rings. The van der Waals surface area contributed by atoms with E-state index in [1.165, 1.54) is 0 Å². The van der Waals surface area contributed by atoms with Crippen molar-refractivity contribution < 1.29 is 9.47 Å². The average Bonchev–Trinajstić information content (AvgIpc) is 2.88. The average molecular weight is 275 g/mol. The molecule has 5 heteroatoms. The van der Waals surface area contributed by atoms with Crippen LogP contribution in [-0.4, -0.2) is 16.4 Å². The fourth-order valence-corrected chi connectivity index (χ4v) is 1.86. The van der Waals surface area contributed by atoms with Gasteiger partial charge in [-0.05, 0) is 12.5 Å². The number of aryl methyl sites for hydroxylation is 1. The van der Waals surface area contributed by atoms with Crippen LogP contribution in [-0.2, 0) is 20.2 Å². The summed E-state index contributed by atoms with van der Waals surface area (Å²) in [6.07, 6.45) is 4.70. The molecule has 0 fully saturated rings. The number of aromatic nitrogens is 2. The Morgan fingerprint density at radius 2 is 2.15 bits per heavy atom. The van der Waals surface area contributed by atoms with Gasteiger partial charge >= 0.3 is 0 Å². The van der Waals surface area contributed by atoms with Crippen LogP contribution in [0.15, 0.2) is 30.6 Å². The van der Waals surface area contributed by atoms with Gasteiger partial charge in [0.05, 0.1) is 12.8 Å². The van der Waals surface area contributed by atoms with E-state index in [4.69, 9.17) is 15.2 Å². The van der Waals surface area contributed by atoms with Gasteiger partial charge in [0.1, 0.15) is 18.1 Å². The maximum atomic E-state index is 5.83. The number of nitrogens with zero attached hydrogens (tertiary/aromatic N) is 2. The molecule has 0 saturated heterocycles. The summed E-state index contributed by atoms with van der Waals surface area (Å²) in [6.45, 7) is 3.69. The van der Waals surface area contributed by atoms with Crippen molar-refractivity contribution >= 4 is 0 Å². The van der Waals surface area contributed by atoms with Gasteiger partial charge in [-0.25, -0.2) is 0 Å². The van der Waals surface area contributed by atoms with Crippen molar-refractivity contribution in [2.24, 2.45) is 12.8 Å². The van der Waals surface area contributed by atoms with Crippen molar-refractivity contribution in [1.82, 2.24) is 9.78 Å². The van der Waals surface area contributed by atoms with Crippen molar-refractivity contribution in [2.45, 2.75) is 26.5 Å². The lowest BCUT2D eigenvalue weighted by Crippen LogP contribution is -2.03. The second-order valence-corrected chi connectivity index (χ2v) is 4.63. The number of nitrogens with two attached hydrogens (primary N) is 1. The highest BCUT2D eigenvalue weighted by atomic mass is 16.5. The van der Waals surface area contributed by atoms with Gasteiger partial charge in [0.2, 0.25) is 0 Å². The zero-order chi connectivity index (χ0) is 14.4. The third-order valence-corrected chi connectivity index (χ3v) is 2.88. The molecule has 0 amide bonds. The molecule has 2 N–H and O–H groups in total. The third kappa shape index (κ3) is 3.74. The van der Waals surface area contributed by atoms with Crippen LogP contribution in [0.2, 0.25) is 0 Å². The van der Waals surface area contributed by atoms with E-state index in [2.05, 4.69) is 12.0 Å². The predicted molar refractivity (Wildman–Crippen MR) is 77.7 cm³/mol. The van der Waals surface area contributed by atoms with E-state index in [-0.39, 0.29) is 0 Å². The lowest BCUT2D eigenvalue weighted by atomic mass is 10.2. The van der Waals surface area contributed by atoms with E-state index < -0.39 is 0 Å². The molecule has 0 spiro atoms. The summed E-state index contributed by atoms with van der Waals surface area (Å²) < 4.78 is 13.2. The Bertz CT molecular complexity index is 552. The first kappa shape index (κ1) is 14.4. The summed E-state index contributed by atoms with van der Waals surface area (Å²) in [7, 11) is 1.88. The molecule has 0 bridgehead atoms. The second-order valence-electron chi connectivity index (χ2n) is 4.63. The van der Waals surface area contributed by atoms with Gasteiger partial charge in [0.15, 0.2) is 0 Å². The molecule has 0 radical (unpaired) electrons. The Morgan fingerprint density at radius 3 is 2.80 bits per heavy atom. The van der Waals surface area contributed by atoms with Crippen LogP contribution < -0.4 is 15.2 Å². The topological polar surface area (TPSA) is 62.3 Å². The van der Waals surface area contributed by atoms with Gasteiger partial charge in [-0.15, -0.1) is 0 Å². The number of rotatable bonds is 7. The van der Waals surface area contributed by atoms with Crippen LogP contribution in [0.3, 0.4) is 0 Å². The van der Waals surface area contributed by atoms with Crippen LogP contribution in [0.4, 0.5) is 0 Å². The summed E-state index contributed by atoms with van der Waals surface area (Å²) in [6, 6.07) is 5.77. The molecule has 0 aliphatic carbocycles. The van der Waals surface area contributed by atoms with Gasteiger partial charge in [0, 0.05) is 37.0 Å². The monoisotopic (exact) mass is 275 g/mol. The lowest BCUT2D eigenvalue weighted by molar-refractivity contribution is 0.292. The molecular formula is C15H21N3O2. The first-order valence-corrected chi connectivity index (χ1v) is 6.79. The van der Waals surface area contributed by atoms with E-state index in [0.717, 1.165) is 29.0 Å². The summed E-state index contributed by atoms with van der Waals surface area (Å²) in [4.78, 5) is 0. The number of hydrogen-bond donors (Lipinski definition) is 1. The van der Waals surface area contributed by atoms with E-state index >= 15 is 0 Å². The van der Waals surface area contributed by atoms with Gasteiger partial charge in [0.25, 0.3) is 0 Å². The van der Waals surface area contributed by atoms with Crippen molar-refractivity contribution in [3.63, 3.8) is 0 Å². The van der Waals surface area contributed by atoms with Crippen molar-refractivity contribution in [1.29, 1.82) is 0 Å². The fourth-order valence-electron chi connectivity index (χ4n) is 1.86. The quantitative estimate of drug-likeness (QED) is 0.842. The van der Waals surface area contributed by atoms with Crippen molar-refractivity contribution in [3.05, 3.63) is 41.7 Å². The smallest absolute Gasteiger partial charge is 0.127 e. The Morgan fingerprint density at radius 1 is 1.30 bits per heavy atom. The van der Waals surface area contributed by atoms with Gasteiger partial charge in [-0.1, -0.05) is 13.0 Å². The first-order valence-electron chi connectivity index (χ1n) is 6.79. The van der Waals surface area contributed by atoms with E-state index in [1.807, 2.05) is 31.4 Å². The molecule has 0 aliphatic heterocycles. The standard InChI is InChI=1S/C15H21N3O2/c1-3-6-19-14-5-4-13(8-16)15(7-14)20-11-12-9-17-18(2)10-12/h4-5,7,9-10H,3,6,8,11,16H2,1-2H3. The Labute approximate surface area is 119 Å². The molecule has 0 unspecified atom stereocenters. The maximum absolute atomic E-state index is 5.83. The molecule has 1 aromatic carbocycles. The number of benzene rings is 1. The minimum absolute atomic E-state index is 0.441. The Kier molecular flexibility index (Phi) is 5.01. The molecule has 1 heterocycles. The Hall–Kier alpha value is -2.01. The van der Waals surface area contributed by atoms with Gasteiger partial charge < -0.3 is 15.2 Å².